The lowest BCUT2D eigenvalue weighted by Crippen LogP contribution is -1.84. The topological polar surface area (TPSA) is 132 Å². The van der Waals surface area contributed by atoms with Crippen LogP contribution in [0.5, 0.6) is 23.0 Å². The van der Waals surface area contributed by atoms with E-state index in [9.17, 15) is 0 Å². The molecule has 8 nitrogen and oxygen atoms in total. The molecule has 2 rings (SSSR count). The lowest BCUT2D eigenvalue weighted by atomic mass is 10.3. The van der Waals surface area contributed by atoms with Crippen LogP contribution in [0, 0.1) is 46.1 Å². The van der Waals surface area contributed by atoms with Crippen molar-refractivity contribution in [3.8, 4) is 48.0 Å². The zero-order valence-electron chi connectivity index (χ0n) is 12.0. The summed E-state index contributed by atoms with van der Waals surface area (Å²) < 4.78 is 18.0. The maximum absolute atomic E-state index is 8.16. The first-order valence-corrected chi connectivity index (χ1v) is 6.17. The Labute approximate surface area is 137 Å². The van der Waals surface area contributed by atoms with E-state index in [1.165, 1.54) is 55.4 Å². The maximum Gasteiger partial charge on any atom is 0.292 e. The quantitative estimate of drug-likeness (QED) is 0.785. The van der Waals surface area contributed by atoms with Crippen LogP contribution in [-0.4, -0.2) is 0 Å². The number of nitriles is 4. The third kappa shape index (κ3) is 6.37. The van der Waals surface area contributed by atoms with Crippen molar-refractivity contribution in [2.45, 2.75) is 0 Å². The molecule has 2 aromatic rings. The average molecular weight is 320 g/mol. The molecular formula is C16H8N4O4. The molecule has 8 heteroatoms. The summed E-state index contributed by atoms with van der Waals surface area (Å²) >= 11 is 0. The molecule has 0 bridgehead atoms. The molecule has 0 saturated heterocycles. The van der Waals surface area contributed by atoms with Gasteiger partial charge in [-0.1, -0.05) is 6.07 Å². The van der Waals surface area contributed by atoms with Gasteiger partial charge in [0.25, 0.3) is 25.0 Å². The van der Waals surface area contributed by atoms with Gasteiger partial charge in [-0.05, 0) is 36.4 Å². The van der Waals surface area contributed by atoms with E-state index in [0.717, 1.165) is 0 Å². The van der Waals surface area contributed by atoms with Gasteiger partial charge in [-0.15, -0.1) is 21.0 Å². The minimum atomic E-state index is 0.352. The van der Waals surface area contributed by atoms with Crippen molar-refractivity contribution in [1.29, 1.82) is 21.0 Å². The molecule has 24 heavy (non-hydrogen) atoms. The first kappa shape index (κ1) is 17.7. The number of rotatable bonds is 4. The van der Waals surface area contributed by atoms with Crippen LogP contribution in [0.2, 0.25) is 0 Å². The van der Waals surface area contributed by atoms with Crippen molar-refractivity contribution in [2.24, 2.45) is 0 Å². The van der Waals surface area contributed by atoms with Crippen LogP contribution in [0.1, 0.15) is 0 Å². The van der Waals surface area contributed by atoms with Gasteiger partial charge in [0, 0.05) is 6.07 Å². The minimum absolute atomic E-state index is 0.352. The molecule has 0 aliphatic carbocycles. The fourth-order valence-corrected chi connectivity index (χ4v) is 1.39. The molecular weight excluding hydrogens is 312 g/mol. The zero-order chi connectivity index (χ0) is 17.6. The average Bonchev–Trinajstić information content (AvgIpc) is 2.59. The summed E-state index contributed by atoms with van der Waals surface area (Å²) in [5, 5.41) is 32.6. The van der Waals surface area contributed by atoms with Gasteiger partial charge in [0.2, 0.25) is 0 Å². The van der Waals surface area contributed by atoms with E-state index in [-0.39, 0.29) is 0 Å². The van der Waals surface area contributed by atoms with Crippen molar-refractivity contribution in [2.75, 3.05) is 0 Å². The largest absolute Gasteiger partial charge is 0.388 e. The highest BCUT2D eigenvalue weighted by Crippen LogP contribution is 2.18. The molecule has 0 aliphatic rings. The number of benzene rings is 2. The van der Waals surface area contributed by atoms with E-state index < -0.39 is 0 Å². The van der Waals surface area contributed by atoms with Crippen LogP contribution in [0.15, 0.2) is 48.5 Å². The fraction of sp³-hybridized carbons (Fsp3) is 0. The number of hydrogen-bond donors (Lipinski definition) is 0. The van der Waals surface area contributed by atoms with Crippen molar-refractivity contribution >= 4 is 0 Å². The number of ether oxygens (including phenoxy) is 4. The van der Waals surface area contributed by atoms with Gasteiger partial charge in [-0.2, -0.15) is 0 Å². The fourth-order valence-electron chi connectivity index (χ4n) is 1.39. The molecule has 0 N–H and O–H groups in total. The van der Waals surface area contributed by atoms with Gasteiger partial charge < -0.3 is 18.9 Å². The molecule has 0 atom stereocenters. The van der Waals surface area contributed by atoms with E-state index in [0.29, 0.717) is 23.0 Å². The summed E-state index contributed by atoms with van der Waals surface area (Å²) in [5.41, 5.74) is 0. The Kier molecular flexibility index (Phi) is 7.61. The summed E-state index contributed by atoms with van der Waals surface area (Å²) in [7, 11) is 0. The normalized spacial score (nSPS) is 7.83. The first-order valence-electron chi connectivity index (χ1n) is 6.17. The molecule has 0 amide bonds. The van der Waals surface area contributed by atoms with Crippen molar-refractivity contribution < 1.29 is 18.9 Å². The van der Waals surface area contributed by atoms with Crippen LogP contribution in [0.25, 0.3) is 0 Å². The molecule has 0 unspecified atom stereocenters. The van der Waals surface area contributed by atoms with Gasteiger partial charge in [-0.25, -0.2) is 0 Å². The molecule has 0 spiro atoms. The molecule has 0 radical (unpaired) electrons. The van der Waals surface area contributed by atoms with Crippen molar-refractivity contribution in [3.05, 3.63) is 48.5 Å². The van der Waals surface area contributed by atoms with Crippen LogP contribution in [-0.2, 0) is 0 Å². The van der Waals surface area contributed by atoms with E-state index in [1.807, 2.05) is 0 Å². The highest BCUT2D eigenvalue weighted by atomic mass is 16.5. The summed E-state index contributed by atoms with van der Waals surface area (Å²) in [4.78, 5) is 0. The van der Waals surface area contributed by atoms with Gasteiger partial charge in [-0.3, -0.25) is 0 Å². The second-order valence-electron chi connectivity index (χ2n) is 3.72. The Bertz CT molecular complexity index is 757. The van der Waals surface area contributed by atoms with Crippen LogP contribution < -0.4 is 18.9 Å². The van der Waals surface area contributed by atoms with Gasteiger partial charge in [0.15, 0.2) is 0 Å². The molecule has 0 aliphatic heterocycles. The standard InChI is InChI=1S/2C8H4N2O2/c9-5-11-7-1-2-8(4-3-7)12-6-10;9-5-11-7-2-1-3-8(4-7)12-6-10/h2*1-4H. The molecule has 0 fully saturated rings. The monoisotopic (exact) mass is 320 g/mol. The maximum atomic E-state index is 8.16. The third-order valence-electron chi connectivity index (χ3n) is 2.28. The van der Waals surface area contributed by atoms with Crippen LogP contribution in [0.4, 0.5) is 0 Å². The minimum Gasteiger partial charge on any atom is -0.388 e. The predicted octanol–water partition coefficient (Wildman–Crippen LogP) is 2.81. The van der Waals surface area contributed by atoms with Gasteiger partial charge >= 0.3 is 0 Å². The first-order chi connectivity index (χ1) is 11.7. The van der Waals surface area contributed by atoms with Gasteiger partial charge in [0.1, 0.15) is 23.0 Å². The number of hydrogen-bond acceptors (Lipinski definition) is 8. The smallest absolute Gasteiger partial charge is 0.292 e. The van der Waals surface area contributed by atoms with E-state index in [4.69, 9.17) is 21.0 Å². The molecule has 2 aromatic carbocycles. The molecule has 116 valence electrons. The van der Waals surface area contributed by atoms with E-state index >= 15 is 0 Å². The van der Waals surface area contributed by atoms with Crippen molar-refractivity contribution in [1.82, 2.24) is 0 Å². The molecule has 0 saturated carbocycles. The van der Waals surface area contributed by atoms with Crippen LogP contribution >= 0.6 is 0 Å². The number of nitrogens with zero attached hydrogens (tertiary/aromatic N) is 4. The van der Waals surface area contributed by atoms with E-state index in [1.54, 1.807) is 18.2 Å². The van der Waals surface area contributed by atoms with E-state index in [2.05, 4.69) is 18.9 Å². The van der Waals surface area contributed by atoms with Gasteiger partial charge in [0.05, 0.1) is 0 Å². The van der Waals surface area contributed by atoms with Crippen molar-refractivity contribution in [3.63, 3.8) is 0 Å². The lowest BCUT2D eigenvalue weighted by molar-refractivity contribution is 0.484. The second-order valence-corrected chi connectivity index (χ2v) is 3.72. The SMILES string of the molecule is N#COc1ccc(OC#N)cc1.N#COc1cccc(OC#N)c1. The third-order valence-corrected chi connectivity index (χ3v) is 2.28. The summed E-state index contributed by atoms with van der Waals surface area (Å²) in [6.07, 6.45) is 6.09. The Morgan fingerprint density at radius 2 is 0.833 bits per heavy atom. The zero-order valence-corrected chi connectivity index (χ0v) is 12.0. The Balaban J connectivity index is 0.000000240. The predicted molar refractivity (Wildman–Crippen MR) is 77.8 cm³/mol. The lowest BCUT2D eigenvalue weighted by Gasteiger charge is -1.97. The van der Waals surface area contributed by atoms with Crippen LogP contribution in [0.3, 0.4) is 0 Å². The second kappa shape index (κ2) is 10.3. The molecule has 0 heterocycles. The summed E-state index contributed by atoms with van der Waals surface area (Å²) in [5.74, 6) is 1.54. The molecule has 0 aromatic heterocycles. The Morgan fingerprint density at radius 3 is 1.17 bits per heavy atom. The Hall–Kier alpha value is -4.40. The summed E-state index contributed by atoms with van der Waals surface area (Å²) in [6, 6.07) is 12.4. The highest BCUT2D eigenvalue weighted by Gasteiger charge is 1.96. The Morgan fingerprint density at radius 1 is 0.500 bits per heavy atom. The highest BCUT2D eigenvalue weighted by molar-refractivity contribution is 5.34. The summed E-state index contributed by atoms with van der Waals surface area (Å²) in [6.45, 7) is 0.